The van der Waals surface area contributed by atoms with Gasteiger partial charge in [-0.1, -0.05) is 20.8 Å². The molecule has 0 aliphatic carbocycles. The summed E-state index contributed by atoms with van der Waals surface area (Å²) in [5, 5.41) is 8.00. The standard InChI is InChI=1S/C14H26BrN3O/c1-7-16-11(14(19-6)9(2)3)8-12-13(15)10(4)17-18(12)5/h9,11,14,16H,7-8H2,1-6H3. The molecule has 0 aliphatic heterocycles. The molecule has 0 spiro atoms. The highest BCUT2D eigenvalue weighted by molar-refractivity contribution is 9.10. The molecule has 1 rings (SSSR count). The Balaban J connectivity index is 2.94. The first-order valence-electron chi connectivity index (χ1n) is 6.86. The first-order chi connectivity index (χ1) is 8.92. The minimum Gasteiger partial charge on any atom is -0.380 e. The molecular formula is C14H26BrN3O. The fourth-order valence-electron chi connectivity index (χ4n) is 2.58. The van der Waals surface area contributed by atoms with Crippen molar-refractivity contribution >= 4 is 15.9 Å². The Kier molecular flexibility index (Phi) is 6.50. The average Bonchev–Trinajstić information content (AvgIpc) is 2.56. The fourth-order valence-corrected chi connectivity index (χ4v) is 3.08. The maximum absolute atomic E-state index is 5.68. The number of nitrogens with one attached hydrogen (secondary N) is 1. The van der Waals surface area contributed by atoms with Crippen LogP contribution in [0.1, 0.15) is 32.2 Å². The van der Waals surface area contributed by atoms with Crippen molar-refractivity contribution in [3.8, 4) is 0 Å². The summed E-state index contributed by atoms with van der Waals surface area (Å²) in [6.45, 7) is 9.48. The Morgan fingerprint density at radius 1 is 1.42 bits per heavy atom. The molecule has 2 unspecified atom stereocenters. The van der Waals surface area contributed by atoms with E-state index in [1.54, 1.807) is 7.11 Å². The molecule has 0 bridgehead atoms. The smallest absolute Gasteiger partial charge is 0.0750 e. The third-order valence-electron chi connectivity index (χ3n) is 3.47. The van der Waals surface area contributed by atoms with E-state index in [1.165, 1.54) is 5.69 Å². The molecule has 1 N–H and O–H groups in total. The lowest BCUT2D eigenvalue weighted by Crippen LogP contribution is -2.45. The van der Waals surface area contributed by atoms with E-state index in [0.29, 0.717) is 12.0 Å². The highest BCUT2D eigenvalue weighted by atomic mass is 79.9. The van der Waals surface area contributed by atoms with Gasteiger partial charge in [-0.2, -0.15) is 5.10 Å². The van der Waals surface area contributed by atoms with E-state index in [0.717, 1.165) is 23.1 Å². The molecule has 0 aliphatic rings. The summed E-state index contributed by atoms with van der Waals surface area (Å²) in [6, 6.07) is 0.293. The summed E-state index contributed by atoms with van der Waals surface area (Å²) in [6.07, 6.45) is 1.10. The van der Waals surface area contributed by atoms with Crippen molar-refractivity contribution in [1.82, 2.24) is 15.1 Å². The lowest BCUT2D eigenvalue weighted by Gasteiger charge is -2.29. The summed E-state index contributed by atoms with van der Waals surface area (Å²) in [7, 11) is 3.78. The van der Waals surface area contributed by atoms with Crippen LogP contribution in [0.15, 0.2) is 4.47 Å². The highest BCUT2D eigenvalue weighted by Crippen LogP contribution is 2.23. The van der Waals surface area contributed by atoms with Gasteiger partial charge in [0.25, 0.3) is 0 Å². The van der Waals surface area contributed by atoms with Crippen LogP contribution in [0.25, 0.3) is 0 Å². The van der Waals surface area contributed by atoms with E-state index in [4.69, 9.17) is 4.74 Å². The SMILES string of the molecule is CCNC(Cc1c(Br)c(C)nn1C)C(OC)C(C)C. The Morgan fingerprint density at radius 2 is 2.05 bits per heavy atom. The van der Waals surface area contributed by atoms with Gasteiger partial charge >= 0.3 is 0 Å². The lowest BCUT2D eigenvalue weighted by atomic mass is 9.95. The number of hydrogen-bond donors (Lipinski definition) is 1. The predicted molar refractivity (Wildman–Crippen MR) is 82.4 cm³/mol. The number of halogens is 1. The van der Waals surface area contributed by atoms with Crippen LogP contribution in [-0.2, 0) is 18.2 Å². The van der Waals surface area contributed by atoms with Gasteiger partial charge in [-0.15, -0.1) is 0 Å². The average molecular weight is 332 g/mol. The Morgan fingerprint density at radius 3 is 2.42 bits per heavy atom. The third kappa shape index (κ3) is 4.04. The van der Waals surface area contributed by atoms with Crippen LogP contribution < -0.4 is 5.32 Å². The molecule has 1 aromatic rings. The highest BCUT2D eigenvalue weighted by Gasteiger charge is 2.26. The minimum atomic E-state index is 0.196. The van der Waals surface area contributed by atoms with E-state index in [9.17, 15) is 0 Å². The largest absolute Gasteiger partial charge is 0.380 e. The molecular weight excluding hydrogens is 306 g/mol. The van der Waals surface area contributed by atoms with Gasteiger partial charge in [0, 0.05) is 26.6 Å². The molecule has 0 radical (unpaired) electrons. The number of ether oxygens (including phenoxy) is 1. The van der Waals surface area contributed by atoms with Crippen molar-refractivity contribution in [2.75, 3.05) is 13.7 Å². The second-order valence-corrected chi connectivity index (χ2v) is 6.08. The van der Waals surface area contributed by atoms with Gasteiger partial charge in [-0.3, -0.25) is 4.68 Å². The molecule has 19 heavy (non-hydrogen) atoms. The van der Waals surface area contributed by atoms with Crippen LogP contribution in [0.3, 0.4) is 0 Å². The van der Waals surface area contributed by atoms with Crippen LogP contribution in [-0.4, -0.2) is 35.6 Å². The zero-order valence-corrected chi connectivity index (χ0v) is 14.4. The van der Waals surface area contributed by atoms with Gasteiger partial charge in [-0.05, 0) is 35.3 Å². The van der Waals surface area contributed by atoms with Crippen molar-refractivity contribution in [3.63, 3.8) is 0 Å². The number of nitrogens with zero attached hydrogens (tertiary/aromatic N) is 2. The Labute approximate surface area is 125 Å². The summed E-state index contributed by atoms with van der Waals surface area (Å²) in [4.78, 5) is 0. The second kappa shape index (κ2) is 7.41. The fraction of sp³-hybridized carbons (Fsp3) is 0.786. The normalized spacial score (nSPS) is 14.9. The Hall–Kier alpha value is -0.390. The molecule has 0 fully saturated rings. The molecule has 4 nitrogen and oxygen atoms in total. The zero-order chi connectivity index (χ0) is 14.6. The third-order valence-corrected chi connectivity index (χ3v) is 4.50. The van der Waals surface area contributed by atoms with Crippen LogP contribution in [0, 0.1) is 12.8 Å². The van der Waals surface area contributed by atoms with Gasteiger partial charge in [0.15, 0.2) is 0 Å². The van der Waals surface area contributed by atoms with Crippen LogP contribution in [0.2, 0.25) is 0 Å². The summed E-state index contributed by atoms with van der Waals surface area (Å²) >= 11 is 3.64. The number of hydrogen-bond acceptors (Lipinski definition) is 3. The predicted octanol–water partition coefficient (Wildman–Crippen LogP) is 2.68. The summed E-state index contributed by atoms with van der Waals surface area (Å²) in [5.41, 5.74) is 2.25. The van der Waals surface area contributed by atoms with E-state index < -0.39 is 0 Å². The van der Waals surface area contributed by atoms with Gasteiger partial charge in [0.1, 0.15) is 0 Å². The summed E-state index contributed by atoms with van der Waals surface area (Å²) in [5.74, 6) is 0.474. The molecule has 5 heteroatoms. The molecule has 1 aromatic heterocycles. The maximum Gasteiger partial charge on any atom is 0.0750 e. The number of aromatic nitrogens is 2. The molecule has 0 aromatic carbocycles. The van der Waals surface area contributed by atoms with Crippen LogP contribution in [0.5, 0.6) is 0 Å². The van der Waals surface area contributed by atoms with Crippen molar-refractivity contribution < 1.29 is 4.74 Å². The Bertz CT molecular complexity index is 404. The van der Waals surface area contributed by atoms with E-state index in [1.807, 2.05) is 18.7 Å². The summed E-state index contributed by atoms with van der Waals surface area (Å²) < 4.78 is 8.74. The van der Waals surface area contributed by atoms with Crippen LogP contribution >= 0.6 is 15.9 Å². The minimum absolute atomic E-state index is 0.196. The first kappa shape index (κ1) is 16.7. The topological polar surface area (TPSA) is 39.1 Å². The molecule has 0 saturated heterocycles. The van der Waals surface area contributed by atoms with Crippen molar-refractivity contribution in [2.45, 2.75) is 46.3 Å². The monoisotopic (exact) mass is 331 g/mol. The number of aryl methyl sites for hydroxylation is 2. The molecule has 2 atom stereocenters. The molecule has 110 valence electrons. The van der Waals surface area contributed by atoms with Gasteiger partial charge < -0.3 is 10.1 Å². The molecule has 0 saturated carbocycles. The van der Waals surface area contributed by atoms with E-state index >= 15 is 0 Å². The number of likely N-dealkylation sites (N-methyl/N-ethyl adjacent to an activating group) is 1. The van der Waals surface area contributed by atoms with Gasteiger partial charge in [-0.25, -0.2) is 0 Å². The van der Waals surface area contributed by atoms with Gasteiger partial charge in [0.2, 0.25) is 0 Å². The van der Waals surface area contributed by atoms with E-state index in [-0.39, 0.29) is 6.10 Å². The number of rotatable bonds is 7. The quantitative estimate of drug-likeness (QED) is 0.834. The second-order valence-electron chi connectivity index (χ2n) is 5.28. The zero-order valence-electron chi connectivity index (χ0n) is 12.8. The van der Waals surface area contributed by atoms with Gasteiger partial charge in [0.05, 0.1) is 22.0 Å². The first-order valence-corrected chi connectivity index (χ1v) is 7.65. The lowest BCUT2D eigenvalue weighted by molar-refractivity contribution is 0.0331. The number of methoxy groups -OCH3 is 1. The van der Waals surface area contributed by atoms with Crippen LogP contribution in [0.4, 0.5) is 0 Å². The molecule has 0 amide bonds. The maximum atomic E-state index is 5.68. The van der Waals surface area contributed by atoms with Crippen molar-refractivity contribution in [3.05, 3.63) is 15.9 Å². The molecule has 1 heterocycles. The van der Waals surface area contributed by atoms with E-state index in [2.05, 4.69) is 47.1 Å². The van der Waals surface area contributed by atoms with Crippen molar-refractivity contribution in [1.29, 1.82) is 0 Å². The van der Waals surface area contributed by atoms with Crippen molar-refractivity contribution in [2.24, 2.45) is 13.0 Å².